The fraction of sp³-hybridized carbons (Fsp3) is 0.143. The maximum atomic E-state index is 13.8. The summed E-state index contributed by atoms with van der Waals surface area (Å²) in [5, 5.41) is 0. The van der Waals surface area contributed by atoms with Crippen LogP contribution in [0.15, 0.2) is 0 Å². The highest BCUT2D eigenvalue weighted by atomic mass is 19.2. The molecule has 23 heavy (non-hydrogen) atoms. The monoisotopic (exact) mass is 344 g/mol. The molecular weight excluding hydrogens is 339 g/mol. The molecule has 0 saturated heterocycles. The molecule has 2 aromatic carbocycles. The van der Waals surface area contributed by atoms with Crippen molar-refractivity contribution in [2.45, 2.75) is 13.6 Å². The third-order valence-corrected chi connectivity index (χ3v) is 3.25. The second kappa shape index (κ2) is 5.78. The Balaban J connectivity index is 3.06. The van der Waals surface area contributed by atoms with E-state index >= 15 is 0 Å². The lowest BCUT2D eigenvalue weighted by Gasteiger charge is -2.16. The third-order valence-electron chi connectivity index (χ3n) is 3.25. The van der Waals surface area contributed by atoms with Crippen molar-refractivity contribution in [3.8, 4) is 11.1 Å². The van der Waals surface area contributed by atoms with E-state index in [2.05, 4.69) is 0 Å². The van der Waals surface area contributed by atoms with Gasteiger partial charge in [-0.1, -0.05) is 0 Å². The van der Waals surface area contributed by atoms with Crippen molar-refractivity contribution >= 4 is 0 Å². The molecule has 9 heteroatoms. The van der Waals surface area contributed by atoms with Crippen LogP contribution in [0.2, 0.25) is 0 Å². The molecule has 0 spiro atoms. The summed E-state index contributed by atoms with van der Waals surface area (Å²) in [6, 6.07) is 0. The number of rotatable bonds is 2. The zero-order valence-corrected chi connectivity index (χ0v) is 11.1. The Morgan fingerprint density at radius 2 is 0.913 bits per heavy atom. The Morgan fingerprint density at radius 3 is 1.35 bits per heavy atom. The first-order valence-corrected chi connectivity index (χ1v) is 5.88. The summed E-state index contributed by atoms with van der Waals surface area (Å²) in [6.07, 6.45) is 0. The highest BCUT2D eigenvalue weighted by molar-refractivity contribution is 5.73. The van der Waals surface area contributed by atoms with Crippen LogP contribution in [-0.4, -0.2) is 0 Å². The van der Waals surface area contributed by atoms with Gasteiger partial charge in [-0.25, -0.2) is 39.5 Å². The van der Waals surface area contributed by atoms with Crippen molar-refractivity contribution in [2.24, 2.45) is 0 Å². The van der Waals surface area contributed by atoms with Crippen LogP contribution in [0.25, 0.3) is 11.1 Å². The molecule has 0 N–H and O–H groups in total. The van der Waals surface area contributed by atoms with Gasteiger partial charge in [0.2, 0.25) is 5.82 Å². The lowest BCUT2D eigenvalue weighted by Crippen LogP contribution is -2.10. The predicted octanol–water partition coefficient (Wildman–Crippen LogP) is 5.24. The van der Waals surface area contributed by atoms with E-state index in [1.54, 1.807) is 0 Å². The van der Waals surface area contributed by atoms with E-state index in [1.807, 2.05) is 0 Å². The molecule has 0 aliphatic carbocycles. The summed E-state index contributed by atoms with van der Waals surface area (Å²) in [7, 11) is 0. The van der Waals surface area contributed by atoms with Crippen LogP contribution < -0.4 is 0 Å². The van der Waals surface area contributed by atoms with Gasteiger partial charge < -0.3 is 0 Å². The molecule has 0 amide bonds. The Morgan fingerprint density at radius 1 is 0.522 bits per heavy atom. The summed E-state index contributed by atoms with van der Waals surface area (Å²) in [4.78, 5) is 0. The molecule has 0 fully saturated rings. The van der Waals surface area contributed by atoms with Crippen LogP contribution in [0.5, 0.6) is 0 Å². The van der Waals surface area contributed by atoms with E-state index in [4.69, 9.17) is 0 Å². The van der Waals surface area contributed by atoms with Crippen LogP contribution in [0.4, 0.5) is 39.5 Å². The number of alkyl halides is 1. The lowest BCUT2D eigenvalue weighted by molar-refractivity contribution is 0.380. The summed E-state index contributed by atoms with van der Waals surface area (Å²) in [6.45, 7) is -1.18. The number of hydrogen-bond donors (Lipinski definition) is 0. The first kappa shape index (κ1) is 17.2. The van der Waals surface area contributed by atoms with E-state index in [-0.39, 0.29) is 0 Å². The van der Waals surface area contributed by atoms with Gasteiger partial charge >= 0.3 is 0 Å². The summed E-state index contributed by atoms with van der Waals surface area (Å²) >= 11 is 0. The van der Waals surface area contributed by atoms with Gasteiger partial charge in [0.05, 0.1) is 5.56 Å². The lowest BCUT2D eigenvalue weighted by atomic mass is 9.93. The van der Waals surface area contributed by atoms with Crippen molar-refractivity contribution in [3.63, 3.8) is 0 Å². The molecule has 0 aliphatic heterocycles. The quantitative estimate of drug-likeness (QED) is 0.397. The van der Waals surface area contributed by atoms with Crippen molar-refractivity contribution in [1.29, 1.82) is 0 Å². The Kier molecular flexibility index (Phi) is 4.32. The van der Waals surface area contributed by atoms with Crippen molar-refractivity contribution < 1.29 is 39.5 Å². The standard InChI is InChI=1S/C14H5F9/c1-3-5(4(2-15)8(17)11(20)7(3)16)6-9(18)12(21)14(23)13(22)10(6)19/h2H2,1H3. The number of hydrogen-bond acceptors (Lipinski definition) is 0. The third kappa shape index (κ3) is 2.34. The summed E-state index contributed by atoms with van der Waals surface area (Å²) in [5.41, 5.74) is -5.36. The summed E-state index contributed by atoms with van der Waals surface area (Å²) in [5.74, 6) is -18.3. The first-order valence-electron chi connectivity index (χ1n) is 5.88. The molecule has 0 aliphatic rings. The van der Waals surface area contributed by atoms with Gasteiger partial charge in [0.1, 0.15) is 6.67 Å². The molecule has 0 saturated carbocycles. The molecule has 0 unspecified atom stereocenters. The maximum absolute atomic E-state index is 13.8. The van der Waals surface area contributed by atoms with E-state index in [1.165, 1.54) is 0 Å². The van der Waals surface area contributed by atoms with Gasteiger partial charge in [-0.05, 0) is 12.5 Å². The molecule has 0 bridgehead atoms. The Labute approximate surface area is 123 Å². The van der Waals surface area contributed by atoms with E-state index in [0.717, 1.165) is 0 Å². The Bertz CT molecular complexity index is 782. The second-order valence-electron chi connectivity index (χ2n) is 4.50. The van der Waals surface area contributed by atoms with Crippen LogP contribution >= 0.6 is 0 Å². The average Bonchev–Trinajstić information content (AvgIpc) is 2.54. The molecule has 2 aromatic rings. The van der Waals surface area contributed by atoms with Crippen molar-refractivity contribution in [3.05, 3.63) is 57.7 Å². The van der Waals surface area contributed by atoms with Crippen LogP contribution in [0, 0.1) is 53.5 Å². The molecule has 0 atom stereocenters. The molecule has 0 aromatic heterocycles. The van der Waals surface area contributed by atoms with Gasteiger partial charge in [-0.15, -0.1) is 0 Å². The van der Waals surface area contributed by atoms with Crippen molar-refractivity contribution in [1.82, 2.24) is 0 Å². The van der Waals surface area contributed by atoms with E-state index in [0.29, 0.717) is 6.92 Å². The molecule has 0 radical (unpaired) electrons. The first-order chi connectivity index (χ1) is 10.6. The smallest absolute Gasteiger partial charge is 0.200 e. The highest BCUT2D eigenvalue weighted by Crippen LogP contribution is 2.38. The number of halogens is 9. The minimum Gasteiger partial charge on any atom is -0.246 e. The van der Waals surface area contributed by atoms with E-state index < -0.39 is 75.5 Å². The van der Waals surface area contributed by atoms with Gasteiger partial charge in [0.25, 0.3) is 0 Å². The zero-order valence-electron chi connectivity index (χ0n) is 11.1. The van der Waals surface area contributed by atoms with E-state index in [9.17, 15) is 39.5 Å². The van der Waals surface area contributed by atoms with Gasteiger partial charge in [0, 0.05) is 11.1 Å². The zero-order chi connectivity index (χ0) is 17.6. The topological polar surface area (TPSA) is 0 Å². The fourth-order valence-corrected chi connectivity index (χ4v) is 2.13. The fourth-order valence-electron chi connectivity index (χ4n) is 2.13. The SMILES string of the molecule is Cc1c(F)c(F)c(F)c(CF)c1-c1c(F)c(F)c(F)c(F)c1F. The van der Waals surface area contributed by atoms with Gasteiger partial charge in [-0.2, -0.15) is 0 Å². The Hall–Kier alpha value is -2.19. The van der Waals surface area contributed by atoms with Crippen molar-refractivity contribution in [2.75, 3.05) is 0 Å². The molecule has 124 valence electrons. The van der Waals surface area contributed by atoms with Gasteiger partial charge in [0.15, 0.2) is 40.7 Å². The molecule has 2 rings (SSSR count). The largest absolute Gasteiger partial charge is 0.246 e. The average molecular weight is 344 g/mol. The maximum Gasteiger partial charge on any atom is 0.200 e. The van der Waals surface area contributed by atoms with Crippen LogP contribution in [0.3, 0.4) is 0 Å². The summed E-state index contributed by atoms with van der Waals surface area (Å²) < 4.78 is 120. The number of benzene rings is 2. The van der Waals surface area contributed by atoms with Crippen LogP contribution in [0.1, 0.15) is 11.1 Å². The molecule has 0 nitrogen and oxygen atoms in total. The van der Waals surface area contributed by atoms with Crippen LogP contribution in [-0.2, 0) is 6.67 Å². The normalized spacial score (nSPS) is 11.2. The minimum atomic E-state index is -2.49. The predicted molar refractivity (Wildman–Crippen MR) is 61.1 cm³/mol. The molecular formula is C14H5F9. The molecule has 0 heterocycles. The van der Waals surface area contributed by atoms with Gasteiger partial charge in [-0.3, -0.25) is 0 Å². The minimum absolute atomic E-state index is 0.685. The second-order valence-corrected chi connectivity index (χ2v) is 4.50. The highest BCUT2D eigenvalue weighted by Gasteiger charge is 2.32.